The maximum Gasteiger partial charge on any atom is 0.0468 e. The number of anilines is 6. The summed E-state index contributed by atoms with van der Waals surface area (Å²) in [6, 6.07) is 69.2. The lowest BCUT2D eigenvalue weighted by Crippen LogP contribution is -2.10. The van der Waals surface area contributed by atoms with E-state index in [1.54, 1.807) is 0 Å². The van der Waals surface area contributed by atoms with Gasteiger partial charge in [0.2, 0.25) is 0 Å². The van der Waals surface area contributed by atoms with Crippen LogP contribution in [0.2, 0.25) is 0 Å². The van der Waals surface area contributed by atoms with Gasteiger partial charge in [0.25, 0.3) is 0 Å². The van der Waals surface area contributed by atoms with Gasteiger partial charge in [-0.1, -0.05) is 139 Å². The second kappa shape index (κ2) is 15.1. The zero-order valence-corrected chi connectivity index (χ0v) is 32.9. The Morgan fingerprint density at radius 3 is 1.41 bits per heavy atom. The molecule has 0 N–H and O–H groups in total. The Morgan fingerprint density at radius 1 is 0.379 bits per heavy atom. The number of benzene rings is 9. The van der Waals surface area contributed by atoms with Crippen molar-refractivity contribution in [2.75, 3.05) is 9.80 Å². The van der Waals surface area contributed by atoms with E-state index in [4.69, 9.17) is 0 Å². The number of hydrogen-bond acceptors (Lipinski definition) is 2. The first kappa shape index (κ1) is 35.3. The molecule has 0 saturated carbocycles. The normalized spacial score (nSPS) is 12.6. The lowest BCUT2D eigenvalue weighted by Gasteiger charge is -2.28. The number of fused-ring (bicyclic) bond motifs is 3. The van der Waals surface area contributed by atoms with Crippen molar-refractivity contribution in [1.82, 2.24) is 0 Å². The summed E-state index contributed by atoms with van der Waals surface area (Å²) in [6.45, 7) is 4.30. The summed E-state index contributed by atoms with van der Waals surface area (Å²) in [6.07, 6.45) is 8.87. The molecule has 0 unspecified atom stereocenters. The third kappa shape index (κ3) is 6.53. The summed E-state index contributed by atoms with van der Waals surface area (Å²) in [4.78, 5) is 4.78. The highest BCUT2D eigenvalue weighted by Crippen LogP contribution is 2.48. The Hall–Kier alpha value is -7.16. The van der Waals surface area contributed by atoms with E-state index in [0.29, 0.717) is 0 Å². The summed E-state index contributed by atoms with van der Waals surface area (Å²) in [5, 5.41) is 7.48. The van der Waals surface area contributed by atoms with Crippen molar-refractivity contribution in [2.24, 2.45) is 0 Å². The molecular formula is C56H44N2. The highest BCUT2D eigenvalue weighted by atomic mass is 15.1. The Balaban J connectivity index is 1.30. The van der Waals surface area contributed by atoms with Crippen molar-refractivity contribution in [3.8, 4) is 11.1 Å². The van der Waals surface area contributed by atoms with Gasteiger partial charge in [-0.2, -0.15) is 0 Å². The number of para-hydroxylation sites is 2. The van der Waals surface area contributed by atoms with Crippen molar-refractivity contribution in [1.29, 1.82) is 0 Å². The average molecular weight is 745 g/mol. The third-order valence-electron chi connectivity index (χ3n) is 11.6. The molecule has 278 valence electrons. The van der Waals surface area contributed by atoms with Crippen LogP contribution in [-0.2, 0) is 0 Å². The van der Waals surface area contributed by atoms with E-state index in [9.17, 15) is 0 Å². The van der Waals surface area contributed by atoms with Crippen LogP contribution in [0.25, 0.3) is 49.0 Å². The Morgan fingerprint density at radius 2 is 0.862 bits per heavy atom. The van der Waals surface area contributed by atoms with Crippen molar-refractivity contribution >= 4 is 72.0 Å². The highest BCUT2D eigenvalue weighted by Gasteiger charge is 2.23. The van der Waals surface area contributed by atoms with Gasteiger partial charge < -0.3 is 9.80 Å². The SMILES string of the molecule is Cc1ccc(N(c2ccccc2)c2ccc3c(-c4ccc5ccccc5c4)c4cc(N(c5ccccc5)c5ccc(C)cc5)ccc4c(C4=CC=CCC4)c3c2)cc1. The van der Waals surface area contributed by atoms with Crippen LogP contribution in [-0.4, -0.2) is 0 Å². The van der Waals surface area contributed by atoms with Gasteiger partial charge in [-0.05, 0) is 160 Å². The number of allylic oxidation sites excluding steroid dienone is 4. The fourth-order valence-corrected chi connectivity index (χ4v) is 8.73. The summed E-state index contributed by atoms with van der Waals surface area (Å²) in [5.41, 5.74) is 14.4. The Labute approximate surface area is 341 Å². The van der Waals surface area contributed by atoms with Crippen molar-refractivity contribution in [3.05, 3.63) is 223 Å². The molecule has 58 heavy (non-hydrogen) atoms. The molecule has 0 saturated heterocycles. The van der Waals surface area contributed by atoms with Gasteiger partial charge in [0.1, 0.15) is 0 Å². The summed E-state index contributed by atoms with van der Waals surface area (Å²) in [5.74, 6) is 0. The first-order valence-corrected chi connectivity index (χ1v) is 20.3. The predicted molar refractivity (Wildman–Crippen MR) is 250 cm³/mol. The van der Waals surface area contributed by atoms with Crippen LogP contribution >= 0.6 is 0 Å². The van der Waals surface area contributed by atoms with Crippen molar-refractivity contribution < 1.29 is 0 Å². The lowest BCUT2D eigenvalue weighted by molar-refractivity contribution is 1.06. The van der Waals surface area contributed by atoms with E-state index in [-0.39, 0.29) is 0 Å². The standard InChI is InChI=1S/C56H44N2/c1-39-22-28-47(29-23-39)57(45-18-8-4-9-19-45)49-33-35-52-53(37-49)55(42-15-6-3-7-16-42)51-34-32-50(58(46-20-10-5-11-21-46)48-30-24-40(2)25-31-48)38-54(51)56(52)44-27-26-41-14-12-13-17-43(41)36-44/h3-6,8-15,17-38H,7,16H2,1-2H3. The van der Waals surface area contributed by atoms with Crippen molar-refractivity contribution in [2.45, 2.75) is 26.7 Å². The minimum Gasteiger partial charge on any atom is -0.310 e. The van der Waals surface area contributed by atoms with E-state index in [1.807, 2.05) is 0 Å². The molecule has 10 rings (SSSR count). The van der Waals surface area contributed by atoms with Gasteiger partial charge in [-0.25, -0.2) is 0 Å². The molecule has 2 nitrogen and oxygen atoms in total. The van der Waals surface area contributed by atoms with E-state index >= 15 is 0 Å². The van der Waals surface area contributed by atoms with Crippen molar-refractivity contribution in [3.63, 3.8) is 0 Å². The van der Waals surface area contributed by atoms with Gasteiger partial charge in [0.15, 0.2) is 0 Å². The van der Waals surface area contributed by atoms with Gasteiger partial charge in [-0.3, -0.25) is 0 Å². The predicted octanol–water partition coefficient (Wildman–Crippen LogP) is 16.1. The first-order chi connectivity index (χ1) is 28.6. The van der Waals surface area contributed by atoms with Crippen LogP contribution in [0.1, 0.15) is 29.5 Å². The van der Waals surface area contributed by atoms with Crippen LogP contribution < -0.4 is 9.80 Å². The van der Waals surface area contributed by atoms with E-state index < -0.39 is 0 Å². The number of rotatable bonds is 8. The molecular weight excluding hydrogens is 701 g/mol. The molecule has 0 aliphatic heterocycles. The van der Waals surface area contributed by atoms with Gasteiger partial charge in [0.05, 0.1) is 0 Å². The van der Waals surface area contributed by atoms with Gasteiger partial charge in [-0.15, -0.1) is 0 Å². The first-order valence-electron chi connectivity index (χ1n) is 20.3. The molecule has 9 aromatic carbocycles. The second-order valence-electron chi connectivity index (χ2n) is 15.4. The van der Waals surface area contributed by atoms with Crippen LogP contribution in [0.3, 0.4) is 0 Å². The maximum atomic E-state index is 2.44. The van der Waals surface area contributed by atoms with E-state index in [0.717, 1.165) is 47.0 Å². The molecule has 2 heteroatoms. The topological polar surface area (TPSA) is 6.48 Å². The fourth-order valence-electron chi connectivity index (χ4n) is 8.73. The lowest BCUT2D eigenvalue weighted by atomic mass is 9.83. The fraction of sp³-hybridized carbons (Fsp3) is 0.0714. The molecule has 0 amide bonds. The van der Waals surface area contributed by atoms with Crippen LogP contribution in [0.5, 0.6) is 0 Å². The molecule has 1 aliphatic carbocycles. The van der Waals surface area contributed by atoms with Crippen LogP contribution in [0, 0.1) is 13.8 Å². The van der Waals surface area contributed by atoms with Gasteiger partial charge >= 0.3 is 0 Å². The Kier molecular flexibility index (Phi) is 9.16. The number of nitrogens with zero attached hydrogens (tertiary/aromatic N) is 2. The molecule has 0 spiro atoms. The second-order valence-corrected chi connectivity index (χ2v) is 15.4. The molecule has 0 radical (unpaired) electrons. The monoisotopic (exact) mass is 744 g/mol. The summed E-state index contributed by atoms with van der Waals surface area (Å²) >= 11 is 0. The minimum atomic E-state index is 0.988. The summed E-state index contributed by atoms with van der Waals surface area (Å²) < 4.78 is 0. The molecule has 9 aromatic rings. The largest absolute Gasteiger partial charge is 0.310 e. The number of hydrogen-bond donors (Lipinski definition) is 0. The van der Waals surface area contributed by atoms with E-state index in [1.165, 1.54) is 65.7 Å². The summed E-state index contributed by atoms with van der Waals surface area (Å²) in [7, 11) is 0. The third-order valence-corrected chi connectivity index (χ3v) is 11.6. The zero-order valence-electron chi connectivity index (χ0n) is 32.9. The van der Waals surface area contributed by atoms with Crippen LogP contribution in [0.4, 0.5) is 34.1 Å². The smallest absolute Gasteiger partial charge is 0.0468 e. The number of aryl methyl sites for hydroxylation is 2. The average Bonchev–Trinajstić information content (AvgIpc) is 3.28. The molecule has 0 fully saturated rings. The molecule has 0 heterocycles. The van der Waals surface area contributed by atoms with Crippen LogP contribution in [0.15, 0.2) is 206 Å². The maximum absolute atomic E-state index is 2.44. The quantitative estimate of drug-likeness (QED) is 0.143. The molecule has 0 bridgehead atoms. The van der Waals surface area contributed by atoms with E-state index in [2.05, 4.69) is 230 Å². The molecule has 0 atom stereocenters. The molecule has 0 aromatic heterocycles. The Bertz CT molecular complexity index is 3000. The van der Waals surface area contributed by atoms with Gasteiger partial charge in [0, 0.05) is 34.1 Å². The highest BCUT2D eigenvalue weighted by molar-refractivity contribution is 6.20. The minimum absolute atomic E-state index is 0.988. The molecule has 1 aliphatic rings. The zero-order chi connectivity index (χ0) is 39.0.